The average Bonchev–Trinajstić information content (AvgIpc) is 2.66. The molecule has 23 heteroatoms. The van der Waals surface area contributed by atoms with Gasteiger partial charge in [-0.05, 0) is 128 Å². The SMILES string of the molecule is CCCCCCCC/C=C\CCCCCCCC(=O)O.CCCCCCCC/C=C\CCCCCCCC(=O)O.CCCCCCCC/C=C\CCCCCCCC(=O)O.CCCCCCCC/C=C\CCCCCCCC(=O)O.OCC(O)CO.OCC(O)CO.OCC(O)CO.OCC(O)CO.OCC(O)CO. The van der Waals surface area contributed by atoms with Gasteiger partial charge in [0.25, 0.3) is 0 Å². The molecule has 0 heterocycles. The highest BCUT2D eigenvalue weighted by atomic mass is 16.4. The quantitative estimate of drug-likeness (QED) is 0.0199. The van der Waals surface area contributed by atoms with Crippen LogP contribution < -0.4 is 0 Å². The Morgan fingerprint density at radius 3 is 0.373 bits per heavy atom. The van der Waals surface area contributed by atoms with Crippen LogP contribution in [-0.4, -0.2) is 217 Å². The summed E-state index contributed by atoms with van der Waals surface area (Å²) in [5, 5.41) is 154. The lowest BCUT2D eigenvalue weighted by Crippen LogP contribution is -2.15. The molecule has 0 aliphatic carbocycles. The first kappa shape index (κ1) is 124. The van der Waals surface area contributed by atoms with E-state index in [0.29, 0.717) is 25.7 Å². The first-order chi connectivity index (χ1) is 53.1. The number of carboxylic acid groups (broad SMARTS) is 4. The van der Waals surface area contributed by atoms with Crippen LogP contribution >= 0.6 is 0 Å². The highest BCUT2D eigenvalue weighted by Gasteiger charge is 2.02. The summed E-state index contributed by atoms with van der Waals surface area (Å²) in [6, 6.07) is 0. The fraction of sp³-hybridized carbons (Fsp3) is 0.862. The monoisotopic (exact) mass is 1590 g/mol. The molecule has 110 heavy (non-hydrogen) atoms. The standard InChI is InChI=1S/4C18H34O2.5C3H8O3/c4*1-2-3-4-5-6-7-8-9-10-11-12-13-14-15-16-17-18(19)20;5*4-1-3(6)2-5/h4*9-10H,2-8,11-17H2,1H3,(H,19,20);5*3-6H,1-2H2/b4*10-9-;;;;;. The van der Waals surface area contributed by atoms with Crippen molar-refractivity contribution in [2.75, 3.05) is 66.1 Å². The second-order valence-corrected chi connectivity index (χ2v) is 28.0. The Bertz CT molecular complexity index is 1510. The van der Waals surface area contributed by atoms with Crippen molar-refractivity contribution in [2.24, 2.45) is 0 Å². The molecule has 19 N–H and O–H groups in total. The third-order valence-corrected chi connectivity index (χ3v) is 16.7. The number of carbonyl (C=O) groups is 4. The number of hydrogen-bond donors (Lipinski definition) is 19. The molecule has 0 aliphatic rings. The first-order valence-electron chi connectivity index (χ1n) is 43.1. The van der Waals surface area contributed by atoms with Gasteiger partial charge >= 0.3 is 23.9 Å². The second-order valence-electron chi connectivity index (χ2n) is 28.0. The van der Waals surface area contributed by atoms with Gasteiger partial charge in [-0.1, -0.05) is 282 Å². The van der Waals surface area contributed by atoms with Crippen molar-refractivity contribution in [3.8, 4) is 0 Å². The molecule has 0 saturated carbocycles. The fourth-order valence-corrected chi connectivity index (χ4v) is 9.68. The van der Waals surface area contributed by atoms with Crippen molar-refractivity contribution in [2.45, 2.75) is 418 Å². The molecule has 0 radical (unpaired) electrons. The summed E-state index contributed by atoms with van der Waals surface area (Å²) in [4.78, 5) is 41.3. The molecule has 0 unspecified atom stereocenters. The largest absolute Gasteiger partial charge is 0.481 e. The Hall–Kier alpha value is -3.76. The van der Waals surface area contributed by atoms with Gasteiger partial charge in [-0.25, -0.2) is 0 Å². The van der Waals surface area contributed by atoms with E-state index in [1.807, 2.05) is 0 Å². The Morgan fingerprint density at radius 2 is 0.282 bits per heavy atom. The van der Waals surface area contributed by atoms with E-state index in [0.717, 1.165) is 51.4 Å². The second kappa shape index (κ2) is 121. The van der Waals surface area contributed by atoms with Crippen molar-refractivity contribution in [1.29, 1.82) is 0 Å². The number of aliphatic hydroxyl groups excluding tert-OH is 15. The predicted octanol–water partition coefficient (Wildman–Crippen LogP) is 16.1. The summed E-state index contributed by atoms with van der Waals surface area (Å²) in [6.07, 6.45) is 80.2. The molecule has 0 aromatic rings. The average molecular weight is 1590 g/mol. The molecule has 0 amide bonds. The minimum atomic E-state index is -0.954. The zero-order chi connectivity index (χ0) is 84.5. The van der Waals surface area contributed by atoms with Crippen molar-refractivity contribution < 1.29 is 116 Å². The molecule has 23 nitrogen and oxygen atoms in total. The smallest absolute Gasteiger partial charge is 0.303 e. The molecule has 0 saturated heterocycles. The minimum absolute atomic E-state index is 0.332. The lowest BCUT2D eigenvalue weighted by molar-refractivity contribution is -0.138. The summed E-state index contributed by atoms with van der Waals surface area (Å²) < 4.78 is 0. The number of unbranched alkanes of at least 4 members (excludes halogenated alkanes) is 44. The molecule has 0 bridgehead atoms. The third kappa shape index (κ3) is 157. The number of aliphatic hydroxyl groups is 15. The van der Waals surface area contributed by atoms with Gasteiger partial charge in [0.1, 0.15) is 30.5 Å². The van der Waals surface area contributed by atoms with E-state index < -0.39 is 54.4 Å². The molecular weight excluding hydrogens is 1410 g/mol. The lowest BCUT2D eigenvalue weighted by Gasteiger charge is -1.99. The normalized spacial score (nSPS) is 10.9. The number of hydrogen-bond acceptors (Lipinski definition) is 19. The van der Waals surface area contributed by atoms with E-state index in [4.69, 9.17) is 97.0 Å². The van der Waals surface area contributed by atoms with Crippen LogP contribution in [0, 0.1) is 0 Å². The Labute approximate surface area is 669 Å². The summed E-state index contributed by atoms with van der Waals surface area (Å²) in [5.74, 6) is -2.66. The third-order valence-electron chi connectivity index (χ3n) is 16.7. The maximum atomic E-state index is 10.3. The molecule has 0 aliphatic heterocycles. The highest BCUT2D eigenvalue weighted by Crippen LogP contribution is 2.15. The van der Waals surface area contributed by atoms with Crippen LogP contribution in [0.1, 0.15) is 387 Å². The Balaban J connectivity index is -0.000000157. The zero-order valence-electron chi connectivity index (χ0n) is 70.3. The molecule has 662 valence electrons. The van der Waals surface area contributed by atoms with Gasteiger partial charge in [0.05, 0.1) is 66.1 Å². The van der Waals surface area contributed by atoms with Crippen LogP contribution in [0.15, 0.2) is 48.6 Å². The molecule has 0 aromatic carbocycles. The summed E-state index contributed by atoms with van der Waals surface area (Å²) in [6.45, 7) is 5.39. The van der Waals surface area contributed by atoms with Gasteiger partial charge in [-0.2, -0.15) is 0 Å². The molecular formula is C87H176O23. The van der Waals surface area contributed by atoms with Crippen molar-refractivity contribution in [3.63, 3.8) is 0 Å². The van der Waals surface area contributed by atoms with Crippen LogP contribution in [0.25, 0.3) is 0 Å². The van der Waals surface area contributed by atoms with E-state index in [1.54, 1.807) is 0 Å². The minimum Gasteiger partial charge on any atom is -0.481 e. The van der Waals surface area contributed by atoms with Crippen LogP contribution in [0.2, 0.25) is 0 Å². The van der Waals surface area contributed by atoms with Crippen LogP contribution in [0.4, 0.5) is 0 Å². The maximum Gasteiger partial charge on any atom is 0.303 e. The highest BCUT2D eigenvalue weighted by molar-refractivity contribution is 5.67. The summed E-state index contributed by atoms with van der Waals surface area (Å²) in [5.41, 5.74) is 0. The predicted molar refractivity (Wildman–Crippen MR) is 449 cm³/mol. The topological polar surface area (TPSA) is 453 Å². The first-order valence-corrected chi connectivity index (χ1v) is 43.1. The van der Waals surface area contributed by atoms with Gasteiger partial charge in [0.15, 0.2) is 0 Å². The zero-order valence-corrected chi connectivity index (χ0v) is 70.3. The molecule has 0 aromatic heterocycles. The van der Waals surface area contributed by atoms with Crippen LogP contribution in [0.5, 0.6) is 0 Å². The fourth-order valence-electron chi connectivity index (χ4n) is 9.68. The van der Waals surface area contributed by atoms with Gasteiger partial charge in [-0.3, -0.25) is 19.2 Å². The van der Waals surface area contributed by atoms with Crippen LogP contribution in [0.3, 0.4) is 0 Å². The van der Waals surface area contributed by atoms with Crippen molar-refractivity contribution in [1.82, 2.24) is 0 Å². The number of aliphatic carboxylic acids is 4. The van der Waals surface area contributed by atoms with Gasteiger partial charge in [0, 0.05) is 25.7 Å². The van der Waals surface area contributed by atoms with Gasteiger partial charge in [0.2, 0.25) is 0 Å². The molecule has 0 spiro atoms. The Kier molecular flexibility index (Phi) is 137. The van der Waals surface area contributed by atoms with Gasteiger partial charge in [-0.15, -0.1) is 0 Å². The Morgan fingerprint density at radius 1 is 0.182 bits per heavy atom. The molecule has 0 atom stereocenters. The van der Waals surface area contributed by atoms with Crippen molar-refractivity contribution >= 4 is 23.9 Å². The summed E-state index contributed by atoms with van der Waals surface area (Å²) in [7, 11) is 0. The number of allylic oxidation sites excluding steroid dienone is 8. The van der Waals surface area contributed by atoms with E-state index in [9.17, 15) is 19.2 Å². The molecule has 0 fully saturated rings. The molecule has 0 rings (SSSR count). The lowest BCUT2D eigenvalue weighted by atomic mass is 10.1. The van der Waals surface area contributed by atoms with E-state index in [-0.39, 0.29) is 66.1 Å². The maximum absolute atomic E-state index is 10.3. The summed E-state index contributed by atoms with van der Waals surface area (Å²) >= 11 is 0. The van der Waals surface area contributed by atoms with E-state index >= 15 is 0 Å². The van der Waals surface area contributed by atoms with Crippen LogP contribution in [-0.2, 0) is 19.2 Å². The van der Waals surface area contributed by atoms with Gasteiger partial charge < -0.3 is 97.0 Å². The number of carboxylic acids is 4. The van der Waals surface area contributed by atoms with E-state index in [1.165, 1.54) is 283 Å². The van der Waals surface area contributed by atoms with E-state index in [2.05, 4.69) is 76.3 Å². The number of rotatable bonds is 70. The van der Waals surface area contributed by atoms with Crippen molar-refractivity contribution in [3.05, 3.63) is 48.6 Å².